The van der Waals surface area contributed by atoms with Crippen LogP contribution in [0.1, 0.15) is 30.1 Å². The number of hydrogen-bond donors (Lipinski definition) is 0. The van der Waals surface area contributed by atoms with E-state index in [1.807, 2.05) is 25.2 Å². The average molecular weight is 300 g/mol. The van der Waals surface area contributed by atoms with Crippen LogP contribution in [0.15, 0.2) is 24.3 Å². The summed E-state index contributed by atoms with van der Waals surface area (Å²) in [5.74, 6) is 0.745. The third kappa shape index (κ3) is 4.38. The van der Waals surface area contributed by atoms with Gasteiger partial charge in [-0.15, -0.1) is 0 Å². The molecule has 0 aliphatic carbocycles. The molecule has 0 unspecified atom stereocenters. The van der Waals surface area contributed by atoms with Gasteiger partial charge in [0.1, 0.15) is 11.3 Å². The van der Waals surface area contributed by atoms with Gasteiger partial charge in [0.15, 0.2) is 0 Å². The summed E-state index contributed by atoms with van der Waals surface area (Å²) in [6.45, 7) is 2.90. The quantitative estimate of drug-likeness (QED) is 0.755. The predicted octanol–water partition coefficient (Wildman–Crippen LogP) is 3.29. The Morgan fingerprint density at radius 1 is 1.47 bits per heavy atom. The monoisotopic (exact) mass is 299 g/mol. The molecule has 1 amide bonds. The van der Waals surface area contributed by atoms with Gasteiger partial charge in [-0.05, 0) is 40.5 Å². The highest BCUT2D eigenvalue weighted by atomic mass is 79.9. The molecule has 1 aromatic rings. The number of hydrogen-bond acceptors (Lipinski definition) is 2. The largest absolute Gasteiger partial charge is 0.482 e. The highest BCUT2D eigenvalue weighted by Crippen LogP contribution is 2.15. The molecular formula is C13H18BrNO2. The molecule has 0 saturated heterocycles. The predicted molar refractivity (Wildman–Crippen MR) is 72.7 cm³/mol. The molecule has 1 aromatic carbocycles. The molecule has 0 heterocycles. The van der Waals surface area contributed by atoms with E-state index >= 15 is 0 Å². The van der Waals surface area contributed by atoms with E-state index in [0.717, 1.165) is 19.4 Å². The second-order valence-corrected chi connectivity index (χ2v) is 4.32. The molecule has 0 N–H and O–H groups in total. The third-order valence-corrected chi connectivity index (χ3v) is 2.72. The summed E-state index contributed by atoms with van der Waals surface area (Å²) in [7, 11) is 1.83. The molecule has 0 aliphatic rings. The Balaban J connectivity index is 2.70. The van der Waals surface area contributed by atoms with E-state index in [1.165, 1.54) is 0 Å². The Labute approximate surface area is 111 Å². The summed E-state index contributed by atoms with van der Waals surface area (Å²) in [4.78, 5) is 13.8. The summed E-state index contributed by atoms with van der Waals surface area (Å²) >= 11 is 3.19. The van der Waals surface area contributed by atoms with Crippen molar-refractivity contribution in [2.24, 2.45) is 0 Å². The zero-order valence-electron chi connectivity index (χ0n) is 10.3. The van der Waals surface area contributed by atoms with Gasteiger partial charge in [-0.25, -0.2) is 0 Å². The summed E-state index contributed by atoms with van der Waals surface area (Å²) in [5.41, 5.74) is 1.10. The molecule has 1 rings (SSSR count). The first-order valence-electron chi connectivity index (χ1n) is 5.73. The molecule has 0 bridgehead atoms. The zero-order chi connectivity index (χ0) is 12.7. The SMILES string of the molecule is CCCCN(C)C(=O)c1cccc(OCBr)c1. The van der Waals surface area contributed by atoms with Crippen molar-refractivity contribution in [2.75, 3.05) is 19.1 Å². The van der Waals surface area contributed by atoms with E-state index in [2.05, 4.69) is 22.9 Å². The van der Waals surface area contributed by atoms with Crippen LogP contribution in [0, 0.1) is 0 Å². The number of amides is 1. The number of halogens is 1. The second kappa shape index (κ2) is 7.33. The van der Waals surface area contributed by atoms with E-state index < -0.39 is 0 Å². The summed E-state index contributed by atoms with van der Waals surface area (Å²) in [6.07, 6.45) is 2.12. The zero-order valence-corrected chi connectivity index (χ0v) is 11.9. The number of alkyl halides is 1. The maximum atomic E-state index is 12.1. The molecule has 0 fully saturated rings. The average Bonchev–Trinajstić information content (AvgIpc) is 2.35. The Kier molecular flexibility index (Phi) is 6.05. The lowest BCUT2D eigenvalue weighted by molar-refractivity contribution is 0.0793. The van der Waals surface area contributed by atoms with Crippen molar-refractivity contribution in [3.05, 3.63) is 29.8 Å². The number of nitrogens with zero attached hydrogens (tertiary/aromatic N) is 1. The molecule has 17 heavy (non-hydrogen) atoms. The van der Waals surface area contributed by atoms with Crippen molar-refractivity contribution in [1.82, 2.24) is 4.90 Å². The molecule has 4 heteroatoms. The molecule has 3 nitrogen and oxygen atoms in total. The van der Waals surface area contributed by atoms with Crippen LogP contribution in [0.2, 0.25) is 0 Å². The highest BCUT2D eigenvalue weighted by Gasteiger charge is 2.11. The first-order chi connectivity index (χ1) is 8.19. The molecule has 0 radical (unpaired) electrons. The van der Waals surface area contributed by atoms with Gasteiger partial charge in [0.05, 0.1) is 0 Å². The maximum Gasteiger partial charge on any atom is 0.253 e. The van der Waals surface area contributed by atoms with Crippen LogP contribution in [-0.4, -0.2) is 29.9 Å². The van der Waals surface area contributed by atoms with Crippen LogP contribution in [0.5, 0.6) is 5.75 Å². The smallest absolute Gasteiger partial charge is 0.253 e. The van der Waals surface area contributed by atoms with Gasteiger partial charge >= 0.3 is 0 Å². The van der Waals surface area contributed by atoms with E-state index in [-0.39, 0.29) is 5.91 Å². The minimum atomic E-state index is 0.0403. The molecule has 0 atom stereocenters. The topological polar surface area (TPSA) is 29.5 Å². The lowest BCUT2D eigenvalue weighted by Crippen LogP contribution is -2.27. The fraction of sp³-hybridized carbons (Fsp3) is 0.462. The fourth-order valence-electron chi connectivity index (χ4n) is 1.50. The molecule has 0 saturated carbocycles. The highest BCUT2D eigenvalue weighted by molar-refractivity contribution is 9.09. The van der Waals surface area contributed by atoms with E-state index in [4.69, 9.17) is 4.74 Å². The molecule has 94 valence electrons. The van der Waals surface area contributed by atoms with Gasteiger partial charge in [-0.2, -0.15) is 0 Å². The first-order valence-corrected chi connectivity index (χ1v) is 6.85. The Morgan fingerprint density at radius 3 is 2.88 bits per heavy atom. The fourth-order valence-corrected chi connectivity index (χ4v) is 1.76. The molecule has 0 aromatic heterocycles. The molecule has 0 spiro atoms. The van der Waals surface area contributed by atoms with Crippen LogP contribution >= 0.6 is 15.9 Å². The number of unbranched alkanes of at least 4 members (excludes halogenated alkanes) is 1. The van der Waals surface area contributed by atoms with Crippen LogP contribution in [0.25, 0.3) is 0 Å². The summed E-state index contributed by atoms with van der Waals surface area (Å²) in [6, 6.07) is 7.25. The Hall–Kier alpha value is -1.03. The van der Waals surface area contributed by atoms with Crippen LogP contribution in [0.4, 0.5) is 0 Å². The normalized spacial score (nSPS) is 10.1. The van der Waals surface area contributed by atoms with Gasteiger partial charge in [0, 0.05) is 19.2 Å². The van der Waals surface area contributed by atoms with Gasteiger partial charge in [0.25, 0.3) is 5.91 Å². The standard InChI is InChI=1S/C13H18BrNO2/c1-3-4-8-15(2)13(16)11-6-5-7-12(9-11)17-10-14/h5-7,9H,3-4,8,10H2,1-2H3. The number of ether oxygens (including phenoxy) is 1. The van der Waals surface area contributed by atoms with Gasteiger partial charge in [0.2, 0.25) is 0 Å². The van der Waals surface area contributed by atoms with Crippen LogP contribution in [-0.2, 0) is 0 Å². The lowest BCUT2D eigenvalue weighted by Gasteiger charge is -2.17. The minimum Gasteiger partial charge on any atom is -0.482 e. The van der Waals surface area contributed by atoms with Crippen molar-refractivity contribution in [3.63, 3.8) is 0 Å². The van der Waals surface area contributed by atoms with E-state index in [0.29, 0.717) is 16.8 Å². The molecular weight excluding hydrogens is 282 g/mol. The lowest BCUT2D eigenvalue weighted by atomic mass is 10.2. The van der Waals surface area contributed by atoms with E-state index in [1.54, 1.807) is 11.0 Å². The second-order valence-electron chi connectivity index (χ2n) is 3.86. The minimum absolute atomic E-state index is 0.0403. The summed E-state index contributed by atoms with van der Waals surface area (Å²) < 4.78 is 5.30. The number of carbonyl (C=O) groups excluding carboxylic acids is 1. The van der Waals surface area contributed by atoms with Crippen LogP contribution < -0.4 is 4.74 Å². The van der Waals surface area contributed by atoms with Crippen molar-refractivity contribution >= 4 is 21.8 Å². The van der Waals surface area contributed by atoms with Gasteiger partial charge < -0.3 is 9.64 Å². The Morgan fingerprint density at radius 2 is 2.24 bits per heavy atom. The van der Waals surface area contributed by atoms with E-state index in [9.17, 15) is 4.79 Å². The van der Waals surface area contributed by atoms with Crippen molar-refractivity contribution < 1.29 is 9.53 Å². The first kappa shape index (κ1) is 14.0. The third-order valence-electron chi connectivity index (χ3n) is 2.50. The van der Waals surface area contributed by atoms with Crippen LogP contribution in [0.3, 0.4) is 0 Å². The van der Waals surface area contributed by atoms with Crippen molar-refractivity contribution in [3.8, 4) is 5.75 Å². The Bertz CT molecular complexity index is 368. The van der Waals surface area contributed by atoms with Gasteiger partial charge in [-0.1, -0.05) is 19.4 Å². The maximum absolute atomic E-state index is 12.1. The number of carbonyl (C=O) groups is 1. The number of rotatable bonds is 6. The summed E-state index contributed by atoms with van der Waals surface area (Å²) in [5, 5.41) is 0. The van der Waals surface area contributed by atoms with Crippen molar-refractivity contribution in [1.29, 1.82) is 0 Å². The number of benzene rings is 1. The van der Waals surface area contributed by atoms with Crippen molar-refractivity contribution in [2.45, 2.75) is 19.8 Å². The molecule has 0 aliphatic heterocycles. The van der Waals surface area contributed by atoms with Gasteiger partial charge in [-0.3, -0.25) is 4.79 Å².